The zero-order valence-electron chi connectivity index (χ0n) is 9.25. The molecule has 88 valence electrons. The minimum absolute atomic E-state index is 0.0252. The van der Waals surface area contributed by atoms with E-state index in [1.54, 1.807) is 16.7 Å². The van der Waals surface area contributed by atoms with E-state index in [2.05, 4.69) is 0 Å². The predicted octanol–water partition coefficient (Wildman–Crippen LogP) is 1.43. The van der Waals surface area contributed by atoms with Gasteiger partial charge in [0, 0.05) is 11.3 Å². The number of methoxy groups -OCH3 is 1. The summed E-state index contributed by atoms with van der Waals surface area (Å²) in [5.74, 6) is 0.212. The van der Waals surface area contributed by atoms with Crippen LogP contribution in [0.3, 0.4) is 0 Å². The molecule has 17 heavy (non-hydrogen) atoms. The Labute approximate surface area is 103 Å². The molecular formula is C12H11NO3S. The van der Waals surface area contributed by atoms with E-state index < -0.39 is 6.04 Å². The minimum Gasteiger partial charge on any atom is -0.467 e. The molecule has 0 N–H and O–H groups in total. The first-order valence-corrected chi connectivity index (χ1v) is 6.40. The summed E-state index contributed by atoms with van der Waals surface area (Å²) in [6.45, 7) is 0. The third-order valence-electron chi connectivity index (χ3n) is 3.17. The van der Waals surface area contributed by atoms with Crippen molar-refractivity contribution >= 4 is 23.6 Å². The number of hydrogen-bond donors (Lipinski definition) is 0. The zero-order chi connectivity index (χ0) is 12.0. The number of fused-ring (bicyclic) bond motifs is 3. The number of hydrogen-bond acceptors (Lipinski definition) is 4. The quantitative estimate of drug-likeness (QED) is 0.706. The number of benzene rings is 1. The lowest BCUT2D eigenvalue weighted by Crippen LogP contribution is -2.40. The predicted molar refractivity (Wildman–Crippen MR) is 63.6 cm³/mol. The summed E-state index contributed by atoms with van der Waals surface area (Å²) in [5, 5.41) is -0.0252. The molecule has 0 unspecified atom stereocenters. The molecule has 1 aromatic carbocycles. The van der Waals surface area contributed by atoms with E-state index in [4.69, 9.17) is 4.74 Å². The molecule has 2 aliphatic rings. The van der Waals surface area contributed by atoms with Gasteiger partial charge in [-0.25, -0.2) is 4.79 Å². The second-order valence-corrected chi connectivity index (χ2v) is 5.14. The summed E-state index contributed by atoms with van der Waals surface area (Å²) in [6.07, 6.45) is 0. The Kier molecular flexibility index (Phi) is 2.36. The van der Waals surface area contributed by atoms with Gasteiger partial charge in [-0.05, 0) is 11.6 Å². The van der Waals surface area contributed by atoms with Crippen LogP contribution in [0.15, 0.2) is 24.3 Å². The number of ether oxygens (including phenoxy) is 1. The molecule has 2 heterocycles. The fraction of sp³-hybridized carbons (Fsp3) is 0.333. The smallest absolute Gasteiger partial charge is 0.329 e. The van der Waals surface area contributed by atoms with Crippen molar-refractivity contribution in [2.45, 2.75) is 11.4 Å². The molecule has 5 heteroatoms. The fourth-order valence-corrected chi connectivity index (χ4v) is 3.81. The lowest BCUT2D eigenvalue weighted by atomic mass is 10.1. The van der Waals surface area contributed by atoms with E-state index in [1.807, 2.05) is 24.3 Å². The summed E-state index contributed by atoms with van der Waals surface area (Å²) < 4.78 is 4.74. The first-order chi connectivity index (χ1) is 8.24. The molecule has 2 atom stereocenters. The molecule has 0 saturated carbocycles. The molecular weight excluding hydrogens is 238 g/mol. The Morgan fingerprint density at radius 3 is 3.00 bits per heavy atom. The Bertz CT molecular complexity index is 502. The van der Waals surface area contributed by atoms with E-state index in [-0.39, 0.29) is 17.3 Å². The Balaban J connectivity index is 2.01. The maximum atomic E-state index is 12.2. The molecule has 1 amide bonds. The SMILES string of the molecule is COC(=O)[C@@H]1CS[C@@H]2c3ccccc3C(=O)N21. The number of carbonyl (C=O) groups excluding carboxylic acids is 2. The van der Waals surface area contributed by atoms with Crippen LogP contribution >= 0.6 is 11.8 Å². The number of amides is 1. The fourth-order valence-electron chi connectivity index (χ4n) is 2.36. The summed E-state index contributed by atoms with van der Waals surface area (Å²) in [4.78, 5) is 25.5. The standard InChI is InChI=1S/C12H11NO3S/c1-16-12(15)9-6-17-11-8-5-3-2-4-7(8)10(14)13(9)11/h2-5,9,11H,6H2,1H3/t9-,11+/m0/s1. The lowest BCUT2D eigenvalue weighted by Gasteiger charge is -2.20. The molecule has 0 radical (unpaired) electrons. The molecule has 0 spiro atoms. The normalized spacial score (nSPS) is 25.7. The van der Waals surface area contributed by atoms with Crippen molar-refractivity contribution in [1.82, 2.24) is 4.90 Å². The summed E-state index contributed by atoms with van der Waals surface area (Å²) in [6, 6.07) is 7.07. The minimum atomic E-state index is -0.449. The van der Waals surface area contributed by atoms with Gasteiger partial charge in [0.25, 0.3) is 5.91 Å². The topological polar surface area (TPSA) is 46.6 Å². The first kappa shape index (κ1) is 10.7. The molecule has 3 rings (SSSR count). The maximum Gasteiger partial charge on any atom is 0.329 e. The highest BCUT2D eigenvalue weighted by atomic mass is 32.2. The third-order valence-corrected chi connectivity index (χ3v) is 4.47. The molecule has 4 nitrogen and oxygen atoms in total. The highest BCUT2D eigenvalue weighted by Crippen LogP contribution is 2.48. The van der Waals surface area contributed by atoms with Gasteiger partial charge in [0.15, 0.2) is 0 Å². The van der Waals surface area contributed by atoms with Crippen molar-refractivity contribution in [3.05, 3.63) is 35.4 Å². The first-order valence-electron chi connectivity index (χ1n) is 5.35. The molecule has 0 aliphatic carbocycles. The largest absolute Gasteiger partial charge is 0.467 e. The molecule has 1 fully saturated rings. The van der Waals surface area contributed by atoms with Crippen molar-refractivity contribution < 1.29 is 14.3 Å². The van der Waals surface area contributed by atoms with E-state index >= 15 is 0 Å². The van der Waals surface area contributed by atoms with E-state index in [0.29, 0.717) is 11.3 Å². The molecule has 1 saturated heterocycles. The van der Waals surface area contributed by atoms with Crippen molar-refractivity contribution in [3.63, 3.8) is 0 Å². The van der Waals surface area contributed by atoms with Gasteiger partial charge in [0.2, 0.25) is 0 Å². The second-order valence-electron chi connectivity index (χ2n) is 4.02. The van der Waals surface area contributed by atoms with Gasteiger partial charge >= 0.3 is 5.97 Å². The summed E-state index contributed by atoms with van der Waals surface area (Å²) in [7, 11) is 1.36. The average molecular weight is 249 g/mol. The van der Waals surface area contributed by atoms with Crippen LogP contribution in [0.4, 0.5) is 0 Å². The van der Waals surface area contributed by atoms with Crippen LogP contribution in [0.1, 0.15) is 21.3 Å². The molecule has 0 aromatic heterocycles. The summed E-state index contributed by atoms with van der Waals surface area (Å²) in [5.41, 5.74) is 1.72. The molecule has 2 aliphatic heterocycles. The second kappa shape index (κ2) is 3.77. The number of esters is 1. The number of rotatable bonds is 1. The van der Waals surface area contributed by atoms with Gasteiger partial charge in [-0.3, -0.25) is 4.79 Å². The summed E-state index contributed by atoms with van der Waals surface area (Å²) >= 11 is 1.62. The van der Waals surface area contributed by atoms with Crippen LogP contribution < -0.4 is 0 Å². The number of nitrogens with zero attached hydrogens (tertiary/aromatic N) is 1. The number of carbonyl (C=O) groups is 2. The number of thioether (sulfide) groups is 1. The van der Waals surface area contributed by atoms with Gasteiger partial charge in [0.05, 0.1) is 7.11 Å². The van der Waals surface area contributed by atoms with Gasteiger partial charge in [-0.2, -0.15) is 0 Å². The van der Waals surface area contributed by atoms with Crippen LogP contribution in [0, 0.1) is 0 Å². The van der Waals surface area contributed by atoms with E-state index in [0.717, 1.165) is 5.56 Å². The molecule has 0 bridgehead atoms. The van der Waals surface area contributed by atoms with E-state index in [1.165, 1.54) is 7.11 Å². The maximum absolute atomic E-state index is 12.2. The van der Waals surface area contributed by atoms with E-state index in [9.17, 15) is 9.59 Å². The van der Waals surface area contributed by atoms with Crippen LogP contribution in [0.2, 0.25) is 0 Å². The van der Waals surface area contributed by atoms with Crippen molar-refractivity contribution in [1.29, 1.82) is 0 Å². The monoisotopic (exact) mass is 249 g/mol. The van der Waals surface area contributed by atoms with Gasteiger partial charge in [-0.15, -0.1) is 11.8 Å². The lowest BCUT2D eigenvalue weighted by molar-refractivity contribution is -0.144. The Morgan fingerprint density at radius 1 is 1.47 bits per heavy atom. The van der Waals surface area contributed by atoms with Gasteiger partial charge in [-0.1, -0.05) is 18.2 Å². The van der Waals surface area contributed by atoms with Crippen LogP contribution in [0.5, 0.6) is 0 Å². The zero-order valence-corrected chi connectivity index (χ0v) is 10.1. The van der Waals surface area contributed by atoms with Crippen molar-refractivity contribution in [2.75, 3.05) is 12.9 Å². The average Bonchev–Trinajstić information content (AvgIpc) is 2.91. The highest BCUT2D eigenvalue weighted by molar-refractivity contribution is 7.99. The van der Waals surface area contributed by atoms with Gasteiger partial charge < -0.3 is 9.64 Å². The third kappa shape index (κ3) is 1.38. The van der Waals surface area contributed by atoms with Crippen molar-refractivity contribution in [2.24, 2.45) is 0 Å². The van der Waals surface area contributed by atoms with Gasteiger partial charge in [0.1, 0.15) is 11.4 Å². The Hall–Kier alpha value is -1.49. The molecule has 1 aromatic rings. The Morgan fingerprint density at radius 2 is 2.24 bits per heavy atom. The van der Waals surface area contributed by atoms with Crippen LogP contribution in [0.25, 0.3) is 0 Å². The van der Waals surface area contributed by atoms with Crippen LogP contribution in [-0.4, -0.2) is 35.7 Å². The highest BCUT2D eigenvalue weighted by Gasteiger charge is 2.48. The van der Waals surface area contributed by atoms with Crippen LogP contribution in [-0.2, 0) is 9.53 Å². The van der Waals surface area contributed by atoms with Crippen molar-refractivity contribution in [3.8, 4) is 0 Å².